The summed E-state index contributed by atoms with van der Waals surface area (Å²) >= 11 is 1.89. The monoisotopic (exact) mass is 251 g/mol. The van der Waals surface area contributed by atoms with E-state index >= 15 is 0 Å². The quantitative estimate of drug-likeness (QED) is 0.741. The lowest BCUT2D eigenvalue weighted by Crippen LogP contribution is -2.38. The Kier molecular flexibility index (Phi) is 4.50. The maximum Gasteiger partial charge on any atom is 0.151 e. The van der Waals surface area contributed by atoms with Gasteiger partial charge >= 0.3 is 0 Å². The first kappa shape index (κ1) is 13.3. The number of hydrogen-bond acceptors (Lipinski definition) is 4. The molecule has 1 aliphatic carbocycles. The molecule has 0 aromatic rings. The molecule has 5 heteroatoms. The third-order valence-electron chi connectivity index (χ3n) is 2.96. The maximum absolute atomic E-state index is 11.4. The van der Waals surface area contributed by atoms with E-state index in [4.69, 9.17) is 0 Å². The van der Waals surface area contributed by atoms with Crippen LogP contribution in [0.5, 0.6) is 0 Å². The first-order chi connectivity index (χ1) is 6.93. The van der Waals surface area contributed by atoms with Gasteiger partial charge in [0.1, 0.15) is 0 Å². The van der Waals surface area contributed by atoms with Gasteiger partial charge in [-0.05, 0) is 26.0 Å². The molecule has 15 heavy (non-hydrogen) atoms. The number of thioether (sulfide) groups is 1. The highest BCUT2D eigenvalue weighted by molar-refractivity contribution is 8.00. The standard InChI is InChI=1S/C10H21NO2S2/c1-4-15(12,13)7-9(2)11-8-10(14-3)5-6-10/h9,11H,4-8H2,1-3H3. The zero-order valence-corrected chi connectivity index (χ0v) is 11.4. The fourth-order valence-corrected chi connectivity index (χ4v) is 3.36. The minimum atomic E-state index is -2.84. The molecule has 0 amide bonds. The Labute approximate surface area is 97.3 Å². The van der Waals surface area contributed by atoms with Crippen molar-refractivity contribution in [3.8, 4) is 0 Å². The number of hydrogen-bond donors (Lipinski definition) is 1. The van der Waals surface area contributed by atoms with Crippen molar-refractivity contribution in [2.75, 3.05) is 24.3 Å². The number of rotatable bonds is 7. The number of nitrogens with one attached hydrogen (secondary N) is 1. The van der Waals surface area contributed by atoms with Gasteiger partial charge in [0.05, 0.1) is 5.75 Å². The van der Waals surface area contributed by atoms with Crippen molar-refractivity contribution in [1.82, 2.24) is 5.32 Å². The van der Waals surface area contributed by atoms with Gasteiger partial charge in [0.2, 0.25) is 0 Å². The van der Waals surface area contributed by atoms with E-state index in [1.165, 1.54) is 12.8 Å². The molecule has 1 unspecified atom stereocenters. The van der Waals surface area contributed by atoms with Crippen LogP contribution in [0.15, 0.2) is 0 Å². The van der Waals surface area contributed by atoms with Gasteiger partial charge in [0.25, 0.3) is 0 Å². The molecule has 0 aromatic heterocycles. The van der Waals surface area contributed by atoms with Gasteiger partial charge < -0.3 is 5.32 Å². The second-order valence-electron chi connectivity index (χ2n) is 4.37. The molecule has 0 aromatic carbocycles. The molecule has 1 saturated carbocycles. The molecule has 0 radical (unpaired) electrons. The Hall–Kier alpha value is 0.260. The lowest BCUT2D eigenvalue weighted by molar-refractivity contribution is 0.552. The highest BCUT2D eigenvalue weighted by Gasteiger charge is 2.41. The fraction of sp³-hybridized carbons (Fsp3) is 1.00. The van der Waals surface area contributed by atoms with E-state index in [9.17, 15) is 8.42 Å². The maximum atomic E-state index is 11.4. The summed E-state index contributed by atoms with van der Waals surface area (Å²) in [6, 6.07) is 0.0691. The van der Waals surface area contributed by atoms with Crippen molar-refractivity contribution in [3.63, 3.8) is 0 Å². The summed E-state index contributed by atoms with van der Waals surface area (Å²) < 4.78 is 23.2. The molecular weight excluding hydrogens is 230 g/mol. The second kappa shape index (κ2) is 5.06. The second-order valence-corrected chi connectivity index (χ2v) is 8.04. The van der Waals surface area contributed by atoms with E-state index in [0.717, 1.165) is 6.54 Å². The first-order valence-corrected chi connectivity index (χ1v) is 8.46. The van der Waals surface area contributed by atoms with Crippen LogP contribution in [0.2, 0.25) is 0 Å². The van der Waals surface area contributed by atoms with Crippen LogP contribution in [-0.4, -0.2) is 43.5 Å². The van der Waals surface area contributed by atoms with Gasteiger partial charge in [-0.3, -0.25) is 0 Å². The summed E-state index contributed by atoms with van der Waals surface area (Å²) in [7, 11) is -2.84. The van der Waals surface area contributed by atoms with Crippen molar-refractivity contribution in [3.05, 3.63) is 0 Å². The van der Waals surface area contributed by atoms with Gasteiger partial charge in [0, 0.05) is 23.1 Å². The molecule has 0 heterocycles. The molecule has 1 atom stereocenters. The van der Waals surface area contributed by atoms with E-state index < -0.39 is 9.84 Å². The highest BCUT2D eigenvalue weighted by Crippen LogP contribution is 2.46. The molecule has 1 aliphatic rings. The van der Waals surface area contributed by atoms with E-state index in [-0.39, 0.29) is 17.5 Å². The predicted molar refractivity (Wildman–Crippen MR) is 67.3 cm³/mol. The Morgan fingerprint density at radius 2 is 2.07 bits per heavy atom. The van der Waals surface area contributed by atoms with E-state index in [2.05, 4.69) is 11.6 Å². The third kappa shape index (κ3) is 4.33. The predicted octanol–water partition coefficient (Wildman–Crippen LogP) is 1.29. The molecule has 0 aliphatic heterocycles. The molecule has 3 nitrogen and oxygen atoms in total. The normalized spacial score (nSPS) is 21.3. The van der Waals surface area contributed by atoms with Crippen LogP contribution in [0.3, 0.4) is 0 Å². The van der Waals surface area contributed by atoms with Crippen molar-refractivity contribution < 1.29 is 8.42 Å². The summed E-state index contributed by atoms with van der Waals surface area (Å²) in [5.74, 6) is 0.501. The topological polar surface area (TPSA) is 46.2 Å². The molecule has 0 saturated heterocycles. The minimum absolute atomic E-state index is 0.0691. The highest BCUT2D eigenvalue weighted by atomic mass is 32.2. The fourth-order valence-electron chi connectivity index (χ4n) is 1.51. The first-order valence-electron chi connectivity index (χ1n) is 5.42. The van der Waals surface area contributed by atoms with Crippen LogP contribution in [0.25, 0.3) is 0 Å². The van der Waals surface area contributed by atoms with E-state index in [1.807, 2.05) is 18.7 Å². The molecule has 1 fully saturated rings. The zero-order valence-electron chi connectivity index (χ0n) is 9.75. The van der Waals surface area contributed by atoms with Gasteiger partial charge in [-0.1, -0.05) is 6.92 Å². The number of sulfone groups is 1. The average molecular weight is 251 g/mol. The molecule has 1 rings (SSSR count). The van der Waals surface area contributed by atoms with Crippen molar-refractivity contribution in [2.45, 2.75) is 37.5 Å². The van der Waals surface area contributed by atoms with Crippen LogP contribution < -0.4 is 5.32 Å². The van der Waals surface area contributed by atoms with Crippen molar-refractivity contribution in [2.24, 2.45) is 0 Å². The lowest BCUT2D eigenvalue weighted by Gasteiger charge is -2.18. The van der Waals surface area contributed by atoms with Crippen LogP contribution in [0, 0.1) is 0 Å². The van der Waals surface area contributed by atoms with Gasteiger partial charge in [-0.2, -0.15) is 11.8 Å². The van der Waals surface area contributed by atoms with E-state index in [1.54, 1.807) is 6.92 Å². The van der Waals surface area contributed by atoms with Crippen molar-refractivity contribution >= 4 is 21.6 Å². The summed E-state index contributed by atoms with van der Waals surface area (Å²) in [4.78, 5) is 0. The SMILES string of the molecule is CCS(=O)(=O)CC(C)NCC1(SC)CC1. The van der Waals surface area contributed by atoms with Crippen molar-refractivity contribution in [1.29, 1.82) is 0 Å². The molecular formula is C10H21NO2S2. The smallest absolute Gasteiger partial charge is 0.151 e. The van der Waals surface area contributed by atoms with Gasteiger partial charge in [0.15, 0.2) is 9.84 Å². The molecule has 90 valence electrons. The summed E-state index contributed by atoms with van der Waals surface area (Å²) in [5, 5.41) is 3.33. The minimum Gasteiger partial charge on any atom is -0.312 e. The van der Waals surface area contributed by atoms with E-state index in [0.29, 0.717) is 4.75 Å². The average Bonchev–Trinajstić information content (AvgIpc) is 2.95. The summed E-state index contributed by atoms with van der Waals surface area (Å²) in [6.07, 6.45) is 4.64. The van der Waals surface area contributed by atoms with Crippen LogP contribution in [0.1, 0.15) is 26.7 Å². The zero-order chi connectivity index (χ0) is 11.5. The largest absolute Gasteiger partial charge is 0.312 e. The Morgan fingerprint density at radius 1 is 1.47 bits per heavy atom. The Morgan fingerprint density at radius 3 is 2.47 bits per heavy atom. The van der Waals surface area contributed by atoms with Crippen LogP contribution >= 0.6 is 11.8 Å². The molecule has 0 spiro atoms. The van der Waals surface area contributed by atoms with Gasteiger partial charge in [-0.25, -0.2) is 8.42 Å². The molecule has 1 N–H and O–H groups in total. The summed E-state index contributed by atoms with van der Waals surface area (Å²) in [6.45, 7) is 4.59. The Bertz CT molecular complexity index is 297. The third-order valence-corrected chi connectivity index (χ3v) is 6.26. The van der Waals surface area contributed by atoms with Gasteiger partial charge in [-0.15, -0.1) is 0 Å². The van der Waals surface area contributed by atoms with Crippen LogP contribution in [0.4, 0.5) is 0 Å². The Balaban J connectivity index is 2.28. The lowest BCUT2D eigenvalue weighted by atomic mass is 10.3. The molecule has 0 bridgehead atoms. The summed E-state index contributed by atoms with van der Waals surface area (Å²) in [5.41, 5.74) is 0. The van der Waals surface area contributed by atoms with Crippen LogP contribution in [-0.2, 0) is 9.84 Å².